The Labute approximate surface area is 246 Å². The van der Waals surface area contributed by atoms with Gasteiger partial charge in [0.25, 0.3) is 0 Å². The van der Waals surface area contributed by atoms with E-state index in [1.807, 2.05) is 6.08 Å². The molecule has 0 radical (unpaired) electrons. The molecule has 0 aromatic heterocycles. The SMILES string of the molecule is C=CC(O)C1CCOCC1.C=CC(OC)C1CCOCC1.COC(C(=O)O)C1CCOCC1.O=CC1CCOCC1. The molecule has 0 aliphatic carbocycles. The summed E-state index contributed by atoms with van der Waals surface area (Å²) in [4.78, 5) is 20.8. The molecule has 4 rings (SSSR count). The Morgan fingerprint density at radius 3 is 1.44 bits per heavy atom. The van der Waals surface area contributed by atoms with Crippen molar-refractivity contribution in [1.82, 2.24) is 0 Å². The first kappa shape index (κ1) is 37.4. The van der Waals surface area contributed by atoms with Crippen LogP contribution in [0.25, 0.3) is 0 Å². The standard InChI is InChI=1S/C9H16O2.C8H14O4.C8H14O2.C6H10O2/c1-3-9(10-2)8-4-6-11-7-5-8;1-11-7(8(9)10)6-2-4-12-5-3-6;1-2-8(9)7-3-5-10-6-4-7;7-5-6-1-3-8-4-2-6/h3,8-9H,1,4-7H2,2H3;6-7H,2-5H2,1H3,(H,9,10);2,7-9H,1,3-6H2;5-6H,1-4H2. The number of aliphatic hydroxyl groups excluding tert-OH is 1. The van der Waals surface area contributed by atoms with Crippen LogP contribution in [0.4, 0.5) is 0 Å². The predicted molar refractivity (Wildman–Crippen MR) is 156 cm³/mol. The Kier molecular flexibility index (Phi) is 21.7. The molecule has 0 spiro atoms. The molecule has 238 valence electrons. The molecular weight excluding hydrogens is 532 g/mol. The van der Waals surface area contributed by atoms with Crippen molar-refractivity contribution in [3.63, 3.8) is 0 Å². The predicted octanol–water partition coefficient (Wildman–Crippen LogP) is 3.70. The van der Waals surface area contributed by atoms with E-state index in [-0.39, 0.29) is 24.0 Å². The number of hydrogen-bond acceptors (Lipinski definition) is 9. The minimum absolute atomic E-state index is 0.112. The zero-order valence-corrected chi connectivity index (χ0v) is 25.2. The van der Waals surface area contributed by atoms with Crippen molar-refractivity contribution in [3.05, 3.63) is 25.3 Å². The molecule has 4 fully saturated rings. The van der Waals surface area contributed by atoms with Crippen LogP contribution in [-0.2, 0) is 38.0 Å². The average Bonchev–Trinajstić information content (AvgIpc) is 3.04. The largest absolute Gasteiger partial charge is 0.479 e. The van der Waals surface area contributed by atoms with Crippen molar-refractivity contribution in [2.45, 2.75) is 69.7 Å². The summed E-state index contributed by atoms with van der Waals surface area (Å²) in [5.41, 5.74) is 0. The number of aliphatic carboxylic acids is 1. The smallest absolute Gasteiger partial charge is 0.333 e. The number of carbonyl (C=O) groups is 2. The zero-order valence-electron chi connectivity index (χ0n) is 25.2. The molecule has 4 saturated heterocycles. The molecule has 3 unspecified atom stereocenters. The molecule has 41 heavy (non-hydrogen) atoms. The Bertz CT molecular complexity index is 678. The molecule has 2 N–H and O–H groups in total. The first-order chi connectivity index (χ1) is 19.9. The molecule has 0 amide bonds. The number of carboxylic acid groups (broad SMARTS) is 1. The number of carboxylic acids is 1. The van der Waals surface area contributed by atoms with Crippen molar-refractivity contribution in [1.29, 1.82) is 0 Å². The van der Waals surface area contributed by atoms with Crippen LogP contribution in [0, 0.1) is 23.7 Å². The zero-order chi connectivity index (χ0) is 30.3. The van der Waals surface area contributed by atoms with Gasteiger partial charge in [0.2, 0.25) is 0 Å². The molecule has 0 aromatic carbocycles. The van der Waals surface area contributed by atoms with Gasteiger partial charge in [-0.1, -0.05) is 12.2 Å². The van der Waals surface area contributed by atoms with Crippen LogP contribution in [0.2, 0.25) is 0 Å². The number of methoxy groups -OCH3 is 2. The summed E-state index contributed by atoms with van der Waals surface area (Å²) < 4.78 is 30.7. The van der Waals surface area contributed by atoms with Crippen LogP contribution in [-0.4, -0.2) is 108 Å². The maximum Gasteiger partial charge on any atom is 0.333 e. The number of rotatable bonds is 9. The molecule has 4 heterocycles. The lowest BCUT2D eigenvalue weighted by Gasteiger charge is -2.26. The Balaban J connectivity index is 0.000000276. The van der Waals surface area contributed by atoms with Gasteiger partial charge in [-0.2, -0.15) is 0 Å². The molecule has 4 aliphatic rings. The van der Waals surface area contributed by atoms with Crippen LogP contribution in [0.3, 0.4) is 0 Å². The fourth-order valence-electron chi connectivity index (χ4n) is 5.14. The summed E-state index contributed by atoms with van der Waals surface area (Å²) in [5, 5.41) is 18.1. The molecule has 10 nitrogen and oxygen atoms in total. The van der Waals surface area contributed by atoms with E-state index in [4.69, 9.17) is 33.5 Å². The lowest BCUT2D eigenvalue weighted by atomic mass is 9.94. The van der Waals surface area contributed by atoms with Crippen molar-refractivity contribution in [2.24, 2.45) is 23.7 Å². The highest BCUT2D eigenvalue weighted by Gasteiger charge is 2.29. The Morgan fingerprint density at radius 2 is 1.12 bits per heavy atom. The number of aliphatic hydroxyl groups is 1. The first-order valence-corrected chi connectivity index (χ1v) is 14.9. The van der Waals surface area contributed by atoms with Crippen molar-refractivity contribution < 1.29 is 48.2 Å². The number of aldehydes is 1. The number of carbonyl (C=O) groups excluding carboxylic acids is 1. The summed E-state index contributed by atoms with van der Waals surface area (Å²) in [6.07, 6.45) is 11.3. The van der Waals surface area contributed by atoms with E-state index in [2.05, 4.69) is 13.2 Å². The Morgan fingerprint density at radius 1 is 0.707 bits per heavy atom. The van der Waals surface area contributed by atoms with E-state index in [9.17, 15) is 14.7 Å². The summed E-state index contributed by atoms with van der Waals surface area (Å²) in [7, 11) is 3.18. The van der Waals surface area contributed by atoms with Crippen molar-refractivity contribution in [2.75, 3.05) is 67.1 Å². The van der Waals surface area contributed by atoms with Gasteiger partial charge in [0.1, 0.15) is 6.29 Å². The first-order valence-electron chi connectivity index (χ1n) is 14.9. The molecular formula is C31H54O10. The maximum atomic E-state index is 10.7. The highest BCUT2D eigenvalue weighted by atomic mass is 16.5. The van der Waals surface area contributed by atoms with E-state index in [0.717, 1.165) is 97.3 Å². The highest BCUT2D eigenvalue weighted by molar-refractivity contribution is 5.72. The van der Waals surface area contributed by atoms with Crippen LogP contribution in [0.5, 0.6) is 0 Å². The minimum atomic E-state index is -0.871. The van der Waals surface area contributed by atoms with Gasteiger partial charge in [-0.05, 0) is 63.2 Å². The highest BCUT2D eigenvalue weighted by Crippen LogP contribution is 2.22. The van der Waals surface area contributed by atoms with Crippen molar-refractivity contribution >= 4 is 12.3 Å². The molecule has 10 heteroatoms. The van der Waals surface area contributed by atoms with E-state index in [0.29, 0.717) is 25.0 Å². The molecule has 4 aliphatic heterocycles. The van der Waals surface area contributed by atoms with Crippen LogP contribution in [0.15, 0.2) is 25.3 Å². The van der Waals surface area contributed by atoms with Gasteiger partial charge < -0.3 is 43.4 Å². The summed E-state index contributed by atoms with van der Waals surface area (Å²) in [6, 6.07) is 0. The second-order valence-corrected chi connectivity index (χ2v) is 10.6. The van der Waals surface area contributed by atoms with Gasteiger partial charge in [0.05, 0.1) is 12.2 Å². The third kappa shape index (κ3) is 16.0. The summed E-state index contributed by atoms with van der Waals surface area (Å²) in [5.74, 6) is 0.520. The van der Waals surface area contributed by atoms with Crippen LogP contribution < -0.4 is 0 Å². The molecule has 0 bridgehead atoms. The van der Waals surface area contributed by atoms with Gasteiger partial charge in [0, 0.05) is 78.9 Å². The maximum absolute atomic E-state index is 10.7. The average molecular weight is 587 g/mol. The fourth-order valence-corrected chi connectivity index (χ4v) is 5.14. The van der Waals surface area contributed by atoms with Gasteiger partial charge in [0.15, 0.2) is 6.10 Å². The van der Waals surface area contributed by atoms with Gasteiger partial charge >= 0.3 is 5.97 Å². The van der Waals surface area contributed by atoms with E-state index in [1.54, 1.807) is 13.2 Å². The molecule has 0 aromatic rings. The Hall–Kier alpha value is -1.66. The third-order valence-corrected chi connectivity index (χ3v) is 7.88. The summed E-state index contributed by atoms with van der Waals surface area (Å²) >= 11 is 0. The van der Waals surface area contributed by atoms with Gasteiger partial charge in [-0.3, -0.25) is 0 Å². The van der Waals surface area contributed by atoms with Crippen LogP contribution in [0.1, 0.15) is 51.4 Å². The normalized spacial score (nSPS) is 23.0. The lowest BCUT2D eigenvalue weighted by molar-refractivity contribution is -0.154. The molecule has 0 saturated carbocycles. The van der Waals surface area contributed by atoms with Gasteiger partial charge in [-0.25, -0.2) is 4.79 Å². The topological polar surface area (TPSA) is 130 Å². The van der Waals surface area contributed by atoms with Crippen LogP contribution >= 0.6 is 0 Å². The third-order valence-electron chi connectivity index (χ3n) is 7.88. The number of hydrogen-bond donors (Lipinski definition) is 2. The number of ether oxygens (including phenoxy) is 6. The fraction of sp³-hybridized carbons (Fsp3) is 0.806. The lowest BCUT2D eigenvalue weighted by Crippen LogP contribution is -2.35. The monoisotopic (exact) mass is 586 g/mol. The second-order valence-electron chi connectivity index (χ2n) is 10.6. The van der Waals surface area contributed by atoms with Gasteiger partial charge in [-0.15, -0.1) is 13.2 Å². The second kappa shape index (κ2) is 23.9. The minimum Gasteiger partial charge on any atom is -0.479 e. The van der Waals surface area contributed by atoms with Crippen molar-refractivity contribution in [3.8, 4) is 0 Å². The van der Waals surface area contributed by atoms with E-state index >= 15 is 0 Å². The summed E-state index contributed by atoms with van der Waals surface area (Å²) in [6.45, 7) is 13.4. The molecule has 3 atom stereocenters. The van der Waals surface area contributed by atoms with E-state index < -0.39 is 12.1 Å². The quantitative estimate of drug-likeness (QED) is 0.305. The van der Waals surface area contributed by atoms with E-state index in [1.165, 1.54) is 7.11 Å².